The minimum atomic E-state index is -0.902. The van der Waals surface area contributed by atoms with Gasteiger partial charge >= 0.3 is 5.97 Å². The van der Waals surface area contributed by atoms with Crippen LogP contribution in [0.2, 0.25) is 0 Å². The molecule has 1 unspecified atom stereocenters. The number of carboxylic acids is 1. The Morgan fingerprint density at radius 3 is 2.95 bits per heavy atom. The first-order chi connectivity index (χ1) is 9.99. The third-order valence-corrected chi connectivity index (χ3v) is 4.27. The number of carbonyl (C=O) groups is 1. The van der Waals surface area contributed by atoms with Gasteiger partial charge in [-0.25, -0.2) is 4.79 Å². The Balaban J connectivity index is 2.09. The molecular formula is C15H26N4O2. The molecule has 0 saturated carbocycles. The summed E-state index contributed by atoms with van der Waals surface area (Å²) in [7, 11) is 1.81. The van der Waals surface area contributed by atoms with Gasteiger partial charge in [-0.3, -0.25) is 9.58 Å². The Bertz CT molecular complexity index is 478. The highest BCUT2D eigenvalue weighted by molar-refractivity contribution is 5.88. The van der Waals surface area contributed by atoms with E-state index >= 15 is 0 Å². The standard InChI is InChI=1S/C15H26N4O2/c1-11(2)19(9-12-5-4-6-16-7-12)10-14-13(15(20)21)8-17-18(14)3/h8,11-12,16H,4-7,9-10H2,1-3H3,(H,20,21). The number of aromatic nitrogens is 2. The molecule has 1 atom stereocenters. The van der Waals surface area contributed by atoms with Gasteiger partial charge in [-0.05, 0) is 45.7 Å². The Morgan fingerprint density at radius 1 is 1.62 bits per heavy atom. The molecule has 0 aliphatic carbocycles. The molecule has 1 aliphatic heterocycles. The van der Waals surface area contributed by atoms with Crippen LogP contribution in [0, 0.1) is 5.92 Å². The number of hydrogen-bond acceptors (Lipinski definition) is 4. The molecule has 0 spiro atoms. The molecular weight excluding hydrogens is 268 g/mol. The average Bonchev–Trinajstić information content (AvgIpc) is 2.80. The van der Waals surface area contributed by atoms with Crippen LogP contribution in [0.1, 0.15) is 42.7 Å². The van der Waals surface area contributed by atoms with Gasteiger partial charge in [-0.15, -0.1) is 0 Å². The van der Waals surface area contributed by atoms with E-state index in [1.165, 1.54) is 19.0 Å². The monoisotopic (exact) mass is 294 g/mol. The summed E-state index contributed by atoms with van der Waals surface area (Å²) in [5.41, 5.74) is 1.09. The number of nitrogens with zero attached hydrogens (tertiary/aromatic N) is 3. The number of rotatable bonds is 6. The number of aromatic carboxylic acids is 1. The number of nitrogens with one attached hydrogen (secondary N) is 1. The van der Waals surface area contributed by atoms with Gasteiger partial charge in [-0.2, -0.15) is 5.10 Å². The highest BCUT2D eigenvalue weighted by Crippen LogP contribution is 2.18. The Kier molecular flexibility index (Phi) is 5.36. The fraction of sp³-hybridized carbons (Fsp3) is 0.733. The lowest BCUT2D eigenvalue weighted by molar-refractivity contribution is 0.0692. The van der Waals surface area contributed by atoms with Crippen LogP contribution in [0.4, 0.5) is 0 Å². The number of piperidine rings is 1. The fourth-order valence-electron chi connectivity index (χ4n) is 2.89. The third kappa shape index (κ3) is 4.04. The quantitative estimate of drug-likeness (QED) is 0.828. The molecule has 0 amide bonds. The van der Waals surface area contributed by atoms with Gasteiger partial charge in [0.25, 0.3) is 0 Å². The van der Waals surface area contributed by atoms with Gasteiger partial charge in [0.05, 0.1) is 11.9 Å². The summed E-state index contributed by atoms with van der Waals surface area (Å²) in [5, 5.41) is 16.8. The lowest BCUT2D eigenvalue weighted by Gasteiger charge is -2.32. The van der Waals surface area contributed by atoms with E-state index in [1.54, 1.807) is 4.68 Å². The zero-order valence-electron chi connectivity index (χ0n) is 13.2. The molecule has 0 bridgehead atoms. The van der Waals surface area contributed by atoms with E-state index in [2.05, 4.69) is 29.2 Å². The molecule has 0 radical (unpaired) electrons. The number of hydrogen-bond donors (Lipinski definition) is 2. The van der Waals surface area contributed by atoms with Crippen molar-refractivity contribution in [3.05, 3.63) is 17.5 Å². The van der Waals surface area contributed by atoms with Gasteiger partial charge in [0, 0.05) is 26.2 Å². The number of aryl methyl sites for hydroxylation is 1. The predicted molar refractivity (Wildman–Crippen MR) is 81.3 cm³/mol. The molecule has 6 heteroatoms. The maximum absolute atomic E-state index is 11.3. The second-order valence-electron chi connectivity index (χ2n) is 6.17. The van der Waals surface area contributed by atoms with Gasteiger partial charge in [-0.1, -0.05) is 0 Å². The fourth-order valence-corrected chi connectivity index (χ4v) is 2.89. The molecule has 6 nitrogen and oxygen atoms in total. The minimum absolute atomic E-state index is 0.310. The largest absolute Gasteiger partial charge is 0.478 e. The molecule has 1 aliphatic rings. The van der Waals surface area contributed by atoms with Gasteiger partial charge in [0.15, 0.2) is 0 Å². The van der Waals surface area contributed by atoms with Crippen LogP contribution < -0.4 is 5.32 Å². The topological polar surface area (TPSA) is 70.4 Å². The SMILES string of the molecule is CC(C)N(Cc1c(C(=O)O)cnn1C)CC1CCCNC1. The van der Waals surface area contributed by atoms with Crippen molar-refractivity contribution < 1.29 is 9.90 Å². The van der Waals surface area contributed by atoms with E-state index in [-0.39, 0.29) is 0 Å². The van der Waals surface area contributed by atoms with Crippen molar-refractivity contribution in [2.24, 2.45) is 13.0 Å². The highest BCUT2D eigenvalue weighted by Gasteiger charge is 2.23. The molecule has 118 valence electrons. The maximum atomic E-state index is 11.3. The van der Waals surface area contributed by atoms with Crippen molar-refractivity contribution in [1.29, 1.82) is 0 Å². The first-order valence-electron chi connectivity index (χ1n) is 7.68. The Morgan fingerprint density at radius 2 is 2.38 bits per heavy atom. The summed E-state index contributed by atoms with van der Waals surface area (Å²) >= 11 is 0. The third-order valence-electron chi connectivity index (χ3n) is 4.27. The van der Waals surface area contributed by atoms with Crippen LogP contribution in [-0.2, 0) is 13.6 Å². The average molecular weight is 294 g/mol. The smallest absolute Gasteiger partial charge is 0.339 e. The van der Waals surface area contributed by atoms with E-state index in [0.29, 0.717) is 24.1 Å². The van der Waals surface area contributed by atoms with E-state index in [4.69, 9.17) is 0 Å². The zero-order chi connectivity index (χ0) is 15.4. The van der Waals surface area contributed by atoms with Crippen molar-refractivity contribution in [3.8, 4) is 0 Å². The van der Waals surface area contributed by atoms with Crippen molar-refractivity contribution in [2.75, 3.05) is 19.6 Å². The Hall–Kier alpha value is -1.40. The summed E-state index contributed by atoms with van der Waals surface area (Å²) in [6.07, 6.45) is 3.91. The van der Waals surface area contributed by atoms with Crippen LogP contribution in [0.3, 0.4) is 0 Å². The van der Waals surface area contributed by atoms with Crippen LogP contribution in [0.25, 0.3) is 0 Å². The molecule has 21 heavy (non-hydrogen) atoms. The maximum Gasteiger partial charge on any atom is 0.339 e. The molecule has 1 aromatic rings. The summed E-state index contributed by atoms with van der Waals surface area (Å²) in [6, 6.07) is 0.378. The van der Waals surface area contributed by atoms with Crippen molar-refractivity contribution >= 4 is 5.97 Å². The second kappa shape index (κ2) is 7.04. The molecule has 1 aromatic heterocycles. The lowest BCUT2D eigenvalue weighted by Crippen LogP contribution is -2.41. The zero-order valence-corrected chi connectivity index (χ0v) is 13.2. The van der Waals surface area contributed by atoms with Crippen LogP contribution >= 0.6 is 0 Å². The van der Waals surface area contributed by atoms with E-state index in [9.17, 15) is 9.90 Å². The first-order valence-corrected chi connectivity index (χ1v) is 7.68. The summed E-state index contributed by atoms with van der Waals surface area (Å²) < 4.78 is 1.68. The van der Waals surface area contributed by atoms with Crippen molar-refractivity contribution in [3.63, 3.8) is 0 Å². The normalized spacial score (nSPS) is 19.4. The lowest BCUT2D eigenvalue weighted by atomic mass is 9.98. The Labute approximate surface area is 126 Å². The second-order valence-corrected chi connectivity index (χ2v) is 6.17. The summed E-state index contributed by atoms with van der Waals surface area (Å²) in [4.78, 5) is 13.6. The number of carboxylic acid groups (broad SMARTS) is 1. The summed E-state index contributed by atoms with van der Waals surface area (Å²) in [5.74, 6) is -0.260. The van der Waals surface area contributed by atoms with E-state index < -0.39 is 5.97 Å². The minimum Gasteiger partial charge on any atom is -0.478 e. The molecule has 0 aromatic carbocycles. The van der Waals surface area contributed by atoms with Crippen molar-refractivity contribution in [1.82, 2.24) is 20.0 Å². The molecule has 1 fully saturated rings. The molecule has 2 rings (SSSR count). The van der Waals surface area contributed by atoms with Gasteiger partial charge < -0.3 is 10.4 Å². The first kappa shape index (κ1) is 16.0. The van der Waals surface area contributed by atoms with Gasteiger partial charge in [0.2, 0.25) is 0 Å². The van der Waals surface area contributed by atoms with Gasteiger partial charge in [0.1, 0.15) is 5.56 Å². The van der Waals surface area contributed by atoms with E-state index in [1.807, 2.05) is 7.05 Å². The molecule has 1 saturated heterocycles. The summed E-state index contributed by atoms with van der Waals surface area (Å²) in [6.45, 7) is 8.12. The highest BCUT2D eigenvalue weighted by atomic mass is 16.4. The molecule has 2 N–H and O–H groups in total. The van der Waals surface area contributed by atoms with Crippen LogP contribution in [0.5, 0.6) is 0 Å². The molecule has 2 heterocycles. The van der Waals surface area contributed by atoms with Crippen LogP contribution in [-0.4, -0.2) is 51.4 Å². The van der Waals surface area contributed by atoms with E-state index in [0.717, 1.165) is 25.3 Å². The van der Waals surface area contributed by atoms with Crippen LogP contribution in [0.15, 0.2) is 6.20 Å². The predicted octanol–water partition coefficient (Wildman–Crippen LogP) is 1.33. The van der Waals surface area contributed by atoms with Crippen molar-refractivity contribution in [2.45, 2.75) is 39.3 Å².